The van der Waals surface area contributed by atoms with E-state index in [1.54, 1.807) is 6.08 Å². The highest BCUT2D eigenvalue weighted by Gasteiger charge is 2.03. The second kappa shape index (κ2) is 7.29. The van der Waals surface area contributed by atoms with Gasteiger partial charge < -0.3 is 9.84 Å². The maximum atomic E-state index is 10.5. The molecule has 0 saturated carbocycles. The van der Waals surface area contributed by atoms with Gasteiger partial charge in [-0.1, -0.05) is 18.5 Å². The lowest BCUT2D eigenvalue weighted by molar-refractivity contribution is -0.131. The molecule has 0 atom stereocenters. The molecular weight excluding hydrogens is 308 g/mol. The Morgan fingerprint density at radius 2 is 2.19 bits per heavy atom. The van der Waals surface area contributed by atoms with E-state index in [4.69, 9.17) is 21.4 Å². The zero-order valence-corrected chi connectivity index (χ0v) is 13.1. The molecule has 0 spiro atoms. The Bertz CT molecular complexity index is 661. The molecule has 1 N–H and O–H groups in total. The first kappa shape index (κ1) is 15.6. The Morgan fingerprint density at radius 3 is 2.90 bits per heavy atom. The van der Waals surface area contributed by atoms with Gasteiger partial charge in [0.2, 0.25) is 0 Å². The Balaban J connectivity index is 1.98. The summed E-state index contributed by atoms with van der Waals surface area (Å²) in [5.41, 5.74) is 1.06. The van der Waals surface area contributed by atoms with Gasteiger partial charge in [-0.3, -0.25) is 0 Å². The van der Waals surface area contributed by atoms with Crippen LogP contribution in [0.4, 0.5) is 0 Å². The Hall–Kier alpha value is -1.78. The van der Waals surface area contributed by atoms with Crippen LogP contribution in [-0.2, 0) is 17.8 Å². The summed E-state index contributed by atoms with van der Waals surface area (Å²) in [6.07, 6.45) is 3.57. The molecule has 0 bridgehead atoms. The molecule has 1 aromatic carbocycles. The van der Waals surface area contributed by atoms with E-state index < -0.39 is 5.97 Å². The van der Waals surface area contributed by atoms with Crippen molar-refractivity contribution in [2.45, 2.75) is 20.0 Å². The van der Waals surface area contributed by atoms with Crippen LogP contribution in [0.3, 0.4) is 0 Å². The third kappa shape index (κ3) is 4.62. The number of aliphatic carboxylic acids is 1. The molecule has 0 aliphatic carbocycles. The van der Waals surface area contributed by atoms with Crippen LogP contribution in [0.15, 0.2) is 36.4 Å². The van der Waals surface area contributed by atoms with Crippen LogP contribution in [0.25, 0.3) is 6.08 Å². The average molecular weight is 323 g/mol. The van der Waals surface area contributed by atoms with Crippen LogP contribution in [0.1, 0.15) is 22.2 Å². The second-order valence-electron chi connectivity index (χ2n) is 4.37. The van der Waals surface area contributed by atoms with E-state index in [-0.39, 0.29) is 0 Å². The predicted molar refractivity (Wildman–Crippen MR) is 86.2 cm³/mol. The largest absolute Gasteiger partial charge is 0.488 e. The van der Waals surface area contributed by atoms with Crippen LogP contribution in [-0.4, -0.2) is 11.1 Å². The van der Waals surface area contributed by atoms with E-state index in [9.17, 15) is 4.79 Å². The molecule has 21 heavy (non-hydrogen) atoms. The fourth-order valence-corrected chi connectivity index (χ4v) is 2.86. The summed E-state index contributed by atoms with van der Waals surface area (Å²) >= 11 is 7.57. The van der Waals surface area contributed by atoms with Gasteiger partial charge in [-0.05, 0) is 48.4 Å². The number of hydrogen-bond acceptors (Lipinski definition) is 3. The SMILES string of the molecule is CCc1cc(OCc2ccc(C=CC(=O)O)s2)ccc1Cl. The van der Waals surface area contributed by atoms with Gasteiger partial charge in [0, 0.05) is 20.9 Å². The number of aryl methyl sites for hydroxylation is 1. The number of carboxylic acid groups (broad SMARTS) is 1. The van der Waals surface area contributed by atoms with Crippen molar-refractivity contribution in [3.63, 3.8) is 0 Å². The lowest BCUT2D eigenvalue weighted by Crippen LogP contribution is -1.94. The molecule has 0 aliphatic heterocycles. The Kier molecular flexibility index (Phi) is 5.42. The number of benzene rings is 1. The van der Waals surface area contributed by atoms with E-state index in [0.717, 1.165) is 38.6 Å². The van der Waals surface area contributed by atoms with Gasteiger partial charge in [0.15, 0.2) is 0 Å². The molecule has 2 aromatic rings. The highest BCUT2D eigenvalue weighted by molar-refractivity contribution is 7.12. The van der Waals surface area contributed by atoms with Gasteiger partial charge in [-0.2, -0.15) is 0 Å². The molecule has 0 saturated heterocycles. The fraction of sp³-hybridized carbons (Fsp3) is 0.188. The first-order valence-corrected chi connectivity index (χ1v) is 7.69. The van der Waals surface area contributed by atoms with Crippen molar-refractivity contribution >= 4 is 35.0 Å². The number of carboxylic acids is 1. The average Bonchev–Trinajstić information content (AvgIpc) is 2.92. The topological polar surface area (TPSA) is 46.5 Å². The minimum absolute atomic E-state index is 0.455. The van der Waals surface area contributed by atoms with E-state index in [2.05, 4.69) is 0 Å². The van der Waals surface area contributed by atoms with E-state index in [1.165, 1.54) is 11.3 Å². The van der Waals surface area contributed by atoms with Crippen LogP contribution >= 0.6 is 22.9 Å². The van der Waals surface area contributed by atoms with Gasteiger partial charge in [-0.25, -0.2) is 4.79 Å². The van der Waals surface area contributed by atoms with Crippen LogP contribution in [0.5, 0.6) is 5.75 Å². The van der Waals surface area contributed by atoms with Crippen molar-refractivity contribution in [2.75, 3.05) is 0 Å². The molecular formula is C16H15ClO3S. The number of thiophene rings is 1. The molecule has 1 aromatic heterocycles. The molecule has 1 heterocycles. The number of rotatable bonds is 6. The van der Waals surface area contributed by atoms with Gasteiger partial charge in [0.1, 0.15) is 12.4 Å². The minimum Gasteiger partial charge on any atom is -0.488 e. The van der Waals surface area contributed by atoms with Gasteiger partial charge in [0.25, 0.3) is 0 Å². The number of ether oxygens (including phenoxy) is 1. The van der Waals surface area contributed by atoms with Gasteiger partial charge in [0.05, 0.1) is 0 Å². The van der Waals surface area contributed by atoms with Crippen LogP contribution in [0.2, 0.25) is 5.02 Å². The van der Waals surface area contributed by atoms with Crippen molar-refractivity contribution in [1.82, 2.24) is 0 Å². The summed E-state index contributed by atoms with van der Waals surface area (Å²) < 4.78 is 5.74. The third-order valence-electron chi connectivity index (χ3n) is 2.85. The first-order chi connectivity index (χ1) is 10.1. The van der Waals surface area contributed by atoms with Crippen molar-refractivity contribution in [2.24, 2.45) is 0 Å². The highest BCUT2D eigenvalue weighted by Crippen LogP contribution is 2.24. The third-order valence-corrected chi connectivity index (χ3v) is 4.24. The molecule has 110 valence electrons. The smallest absolute Gasteiger partial charge is 0.328 e. The summed E-state index contributed by atoms with van der Waals surface area (Å²) in [4.78, 5) is 12.4. The summed E-state index contributed by atoms with van der Waals surface area (Å²) in [6, 6.07) is 9.44. The molecule has 0 aliphatic rings. The second-order valence-corrected chi connectivity index (χ2v) is 5.98. The molecule has 0 unspecified atom stereocenters. The van der Waals surface area contributed by atoms with E-state index in [1.807, 2.05) is 37.3 Å². The molecule has 5 heteroatoms. The lowest BCUT2D eigenvalue weighted by atomic mass is 10.1. The zero-order chi connectivity index (χ0) is 15.2. The number of hydrogen-bond donors (Lipinski definition) is 1. The van der Waals surface area contributed by atoms with Crippen LogP contribution < -0.4 is 4.74 Å². The monoisotopic (exact) mass is 322 g/mol. The Morgan fingerprint density at radius 1 is 1.38 bits per heavy atom. The Labute approximate surface area is 132 Å². The number of carbonyl (C=O) groups is 1. The van der Waals surface area contributed by atoms with Crippen molar-refractivity contribution in [3.05, 3.63) is 56.7 Å². The van der Waals surface area contributed by atoms with Crippen molar-refractivity contribution in [3.8, 4) is 5.75 Å². The van der Waals surface area contributed by atoms with E-state index >= 15 is 0 Å². The fourth-order valence-electron chi connectivity index (χ4n) is 1.78. The minimum atomic E-state index is -0.950. The molecule has 3 nitrogen and oxygen atoms in total. The maximum absolute atomic E-state index is 10.5. The summed E-state index contributed by atoms with van der Waals surface area (Å²) in [5.74, 6) is -0.165. The predicted octanol–water partition coefficient (Wildman–Crippen LogP) is 4.64. The number of halogens is 1. The maximum Gasteiger partial charge on any atom is 0.328 e. The summed E-state index contributed by atoms with van der Waals surface area (Å²) in [5, 5.41) is 9.34. The van der Waals surface area contributed by atoms with Gasteiger partial charge in [-0.15, -0.1) is 11.3 Å². The molecule has 0 radical (unpaired) electrons. The standard InChI is InChI=1S/C16H15ClO3S/c1-2-11-9-12(3-7-15(11)17)20-10-14-5-4-13(21-14)6-8-16(18)19/h3-9H,2,10H2,1H3,(H,18,19). The molecule has 2 rings (SSSR count). The first-order valence-electron chi connectivity index (χ1n) is 6.49. The summed E-state index contributed by atoms with van der Waals surface area (Å²) in [7, 11) is 0. The van der Waals surface area contributed by atoms with E-state index in [0.29, 0.717) is 6.61 Å². The normalized spacial score (nSPS) is 11.0. The quantitative estimate of drug-likeness (QED) is 0.788. The van der Waals surface area contributed by atoms with Crippen LogP contribution in [0, 0.1) is 0 Å². The molecule has 0 amide bonds. The van der Waals surface area contributed by atoms with Gasteiger partial charge >= 0.3 is 5.97 Å². The van der Waals surface area contributed by atoms with Crippen molar-refractivity contribution in [1.29, 1.82) is 0 Å². The zero-order valence-electron chi connectivity index (χ0n) is 11.5. The lowest BCUT2D eigenvalue weighted by Gasteiger charge is -2.07. The summed E-state index contributed by atoms with van der Waals surface area (Å²) in [6.45, 7) is 2.50. The molecule has 0 fully saturated rings. The van der Waals surface area contributed by atoms with Crippen molar-refractivity contribution < 1.29 is 14.6 Å². The highest BCUT2D eigenvalue weighted by atomic mass is 35.5.